The summed E-state index contributed by atoms with van der Waals surface area (Å²) in [5, 5.41) is 0. The average Bonchev–Trinajstić information content (AvgIpc) is 3.48. The highest BCUT2D eigenvalue weighted by Gasteiger charge is 2.20. The predicted molar refractivity (Wildman–Crippen MR) is 358 cm³/mol. The number of hydrogen-bond acceptors (Lipinski definition) is 6. The van der Waals surface area contributed by atoms with Crippen LogP contribution in [0.25, 0.3) is 0 Å². The van der Waals surface area contributed by atoms with Crippen LogP contribution in [0, 0.1) is 0 Å². The Morgan fingerprint density at radius 1 is 0.244 bits per heavy atom. The SMILES string of the molecule is CCCCCCC/C=C\C/C=C\CCCCCCCCCCCCCCCCCC(=O)OCC(COC(=O)CCCCCCCCCCCC)OC(=O)CCCCCCCCCCCCCCCCC/C=C\CCCCCCCCCC. The largest absolute Gasteiger partial charge is 0.462 e. The van der Waals surface area contributed by atoms with Crippen molar-refractivity contribution in [1.29, 1.82) is 0 Å². The van der Waals surface area contributed by atoms with Crippen LogP contribution in [0.2, 0.25) is 0 Å². The Balaban J connectivity index is 4.12. The summed E-state index contributed by atoms with van der Waals surface area (Å²) in [5.74, 6) is -0.838. The lowest BCUT2D eigenvalue weighted by atomic mass is 10.0. The van der Waals surface area contributed by atoms with Crippen LogP contribution >= 0.6 is 0 Å². The fourth-order valence-corrected chi connectivity index (χ4v) is 11.3. The van der Waals surface area contributed by atoms with E-state index in [1.165, 1.54) is 308 Å². The van der Waals surface area contributed by atoms with E-state index in [-0.39, 0.29) is 31.1 Å². The number of allylic oxidation sites excluding steroid dienone is 6. The van der Waals surface area contributed by atoms with Gasteiger partial charge in [0.1, 0.15) is 13.2 Å². The molecule has 0 aliphatic carbocycles. The van der Waals surface area contributed by atoms with Crippen LogP contribution in [-0.2, 0) is 28.6 Å². The lowest BCUT2D eigenvalue weighted by Crippen LogP contribution is -2.30. The Hall–Kier alpha value is -2.37. The van der Waals surface area contributed by atoms with Gasteiger partial charge in [0.2, 0.25) is 0 Å². The molecule has 0 saturated carbocycles. The third-order valence-corrected chi connectivity index (χ3v) is 16.9. The van der Waals surface area contributed by atoms with Gasteiger partial charge < -0.3 is 14.2 Å². The van der Waals surface area contributed by atoms with E-state index in [1.54, 1.807) is 0 Å². The summed E-state index contributed by atoms with van der Waals surface area (Å²) >= 11 is 0. The van der Waals surface area contributed by atoms with E-state index in [0.717, 1.165) is 64.2 Å². The summed E-state index contributed by atoms with van der Waals surface area (Å²) in [6.07, 6.45) is 89.1. The van der Waals surface area contributed by atoms with Gasteiger partial charge in [0.15, 0.2) is 6.10 Å². The van der Waals surface area contributed by atoms with Crippen LogP contribution in [0.1, 0.15) is 412 Å². The van der Waals surface area contributed by atoms with E-state index in [0.29, 0.717) is 19.3 Å². The molecule has 0 aromatic carbocycles. The highest BCUT2D eigenvalue weighted by Crippen LogP contribution is 2.19. The number of hydrogen-bond donors (Lipinski definition) is 0. The number of carbonyl (C=O) groups is 3. The molecule has 0 fully saturated rings. The van der Waals surface area contributed by atoms with Crippen LogP contribution in [0.4, 0.5) is 0 Å². The van der Waals surface area contributed by atoms with Crippen LogP contribution in [0.15, 0.2) is 36.5 Å². The van der Waals surface area contributed by atoms with Gasteiger partial charge in [0.25, 0.3) is 0 Å². The molecular formula is C76H142O6. The standard InChI is InChI=1S/C76H142O6/c1-4-7-10-13-16-19-22-24-26-28-30-32-34-36-38-40-42-44-46-48-50-52-54-57-60-63-66-69-75(78)81-72-73(71-80-74(77)68-65-62-59-56-21-18-15-12-9-6-3)82-76(79)70-67-64-61-58-55-53-51-49-47-45-43-41-39-37-35-33-31-29-27-25-23-20-17-14-11-8-5-2/h22,24,28-31,73H,4-21,23,25-27,32-72H2,1-3H3/b24-22-,30-28-,31-29-. The lowest BCUT2D eigenvalue weighted by molar-refractivity contribution is -0.167. The first-order chi connectivity index (χ1) is 40.5. The van der Waals surface area contributed by atoms with Gasteiger partial charge in [-0.1, -0.05) is 353 Å². The summed E-state index contributed by atoms with van der Waals surface area (Å²) < 4.78 is 17.0. The minimum Gasteiger partial charge on any atom is -0.462 e. The predicted octanol–water partition coefficient (Wildman–Crippen LogP) is 25.5. The molecule has 0 bridgehead atoms. The molecule has 1 unspecified atom stereocenters. The van der Waals surface area contributed by atoms with Gasteiger partial charge in [-0.3, -0.25) is 14.4 Å². The van der Waals surface area contributed by atoms with Gasteiger partial charge in [-0.2, -0.15) is 0 Å². The van der Waals surface area contributed by atoms with Crippen LogP contribution < -0.4 is 0 Å². The van der Waals surface area contributed by atoms with Gasteiger partial charge in [-0.15, -0.1) is 0 Å². The zero-order valence-electron chi connectivity index (χ0n) is 55.5. The zero-order chi connectivity index (χ0) is 59.2. The molecule has 0 aliphatic heterocycles. The third-order valence-electron chi connectivity index (χ3n) is 16.9. The van der Waals surface area contributed by atoms with Gasteiger partial charge in [0, 0.05) is 19.3 Å². The van der Waals surface area contributed by atoms with Crippen LogP contribution in [0.3, 0.4) is 0 Å². The Labute approximate surface area is 512 Å². The fourth-order valence-electron chi connectivity index (χ4n) is 11.3. The van der Waals surface area contributed by atoms with Crippen LogP contribution in [0.5, 0.6) is 0 Å². The molecule has 0 radical (unpaired) electrons. The maximum atomic E-state index is 13.0. The molecule has 0 aromatic heterocycles. The van der Waals surface area contributed by atoms with E-state index < -0.39 is 6.10 Å². The van der Waals surface area contributed by atoms with Gasteiger partial charge >= 0.3 is 17.9 Å². The first-order valence-electron chi connectivity index (χ1n) is 37.0. The summed E-state index contributed by atoms with van der Waals surface area (Å²) in [5.41, 5.74) is 0. The van der Waals surface area contributed by atoms with E-state index in [9.17, 15) is 14.4 Å². The fraction of sp³-hybridized carbons (Fsp3) is 0.882. The number of esters is 3. The molecule has 6 nitrogen and oxygen atoms in total. The highest BCUT2D eigenvalue weighted by atomic mass is 16.6. The van der Waals surface area contributed by atoms with Crippen molar-refractivity contribution in [2.75, 3.05) is 13.2 Å². The van der Waals surface area contributed by atoms with Crippen molar-refractivity contribution in [3.8, 4) is 0 Å². The van der Waals surface area contributed by atoms with Gasteiger partial charge in [-0.05, 0) is 77.0 Å². The van der Waals surface area contributed by atoms with Gasteiger partial charge in [-0.25, -0.2) is 0 Å². The van der Waals surface area contributed by atoms with Crippen molar-refractivity contribution in [1.82, 2.24) is 0 Å². The van der Waals surface area contributed by atoms with E-state index >= 15 is 0 Å². The third kappa shape index (κ3) is 68.4. The Kier molecular flexibility index (Phi) is 69.1. The molecule has 0 aliphatic rings. The molecule has 482 valence electrons. The molecule has 0 heterocycles. The van der Waals surface area contributed by atoms with Crippen molar-refractivity contribution in [3.05, 3.63) is 36.5 Å². The molecule has 0 N–H and O–H groups in total. The molecule has 1 atom stereocenters. The van der Waals surface area contributed by atoms with Crippen molar-refractivity contribution in [2.45, 2.75) is 419 Å². The molecule has 82 heavy (non-hydrogen) atoms. The normalized spacial score (nSPS) is 12.2. The second-order valence-corrected chi connectivity index (χ2v) is 25.2. The Morgan fingerprint density at radius 3 is 0.683 bits per heavy atom. The second-order valence-electron chi connectivity index (χ2n) is 25.2. The molecule has 0 rings (SSSR count). The summed E-state index contributed by atoms with van der Waals surface area (Å²) in [4.78, 5) is 38.4. The summed E-state index contributed by atoms with van der Waals surface area (Å²) in [6, 6.07) is 0. The molecule has 0 amide bonds. The van der Waals surface area contributed by atoms with Crippen molar-refractivity contribution in [2.24, 2.45) is 0 Å². The number of unbranched alkanes of at least 4 members (excludes halogenated alkanes) is 52. The summed E-state index contributed by atoms with van der Waals surface area (Å²) in [6.45, 7) is 6.69. The van der Waals surface area contributed by atoms with E-state index in [1.807, 2.05) is 0 Å². The minimum atomic E-state index is -0.769. The first-order valence-corrected chi connectivity index (χ1v) is 37.0. The van der Waals surface area contributed by atoms with Crippen LogP contribution in [-0.4, -0.2) is 37.2 Å². The highest BCUT2D eigenvalue weighted by molar-refractivity contribution is 5.71. The number of ether oxygens (including phenoxy) is 3. The summed E-state index contributed by atoms with van der Waals surface area (Å²) in [7, 11) is 0. The second kappa shape index (κ2) is 71.1. The molecule has 0 aromatic rings. The van der Waals surface area contributed by atoms with Crippen molar-refractivity contribution >= 4 is 17.9 Å². The molecule has 0 saturated heterocycles. The average molecular weight is 1150 g/mol. The maximum absolute atomic E-state index is 13.0. The number of carbonyl (C=O) groups excluding carboxylic acids is 3. The van der Waals surface area contributed by atoms with E-state index in [2.05, 4.69) is 57.2 Å². The zero-order valence-corrected chi connectivity index (χ0v) is 55.5. The van der Waals surface area contributed by atoms with Gasteiger partial charge in [0.05, 0.1) is 0 Å². The van der Waals surface area contributed by atoms with E-state index in [4.69, 9.17) is 14.2 Å². The quantitative estimate of drug-likeness (QED) is 0.0261. The monoisotopic (exact) mass is 1150 g/mol. The molecular weight excluding hydrogens is 1010 g/mol. The molecule has 6 heteroatoms. The Bertz CT molecular complexity index is 1370. The minimum absolute atomic E-state index is 0.0660. The van der Waals surface area contributed by atoms with Crippen molar-refractivity contribution < 1.29 is 28.6 Å². The van der Waals surface area contributed by atoms with Crippen molar-refractivity contribution in [3.63, 3.8) is 0 Å². The molecule has 0 spiro atoms. The number of rotatable bonds is 69. The Morgan fingerprint density at radius 2 is 0.439 bits per heavy atom. The lowest BCUT2D eigenvalue weighted by Gasteiger charge is -2.18. The first kappa shape index (κ1) is 79.6. The topological polar surface area (TPSA) is 78.9 Å². The smallest absolute Gasteiger partial charge is 0.306 e. The maximum Gasteiger partial charge on any atom is 0.306 e.